The standard InChI is InChI=1S/C13H21N3O/c1-2-9-16-10-8-15-12(16)11(17)13(14)6-4-3-5-7-13/h8,10H,2-7,9,14H2,1H3. The van der Waals surface area contributed by atoms with E-state index in [1.807, 2.05) is 10.8 Å². The average molecular weight is 235 g/mol. The van der Waals surface area contributed by atoms with Crippen molar-refractivity contribution in [1.29, 1.82) is 0 Å². The number of imidazole rings is 1. The van der Waals surface area contributed by atoms with Crippen molar-refractivity contribution in [3.8, 4) is 0 Å². The zero-order valence-corrected chi connectivity index (χ0v) is 10.5. The molecule has 2 N–H and O–H groups in total. The van der Waals surface area contributed by atoms with E-state index in [0.717, 1.165) is 38.6 Å². The average Bonchev–Trinajstić information content (AvgIpc) is 2.78. The molecule has 0 aliphatic heterocycles. The highest BCUT2D eigenvalue weighted by molar-refractivity contribution is 6.00. The van der Waals surface area contributed by atoms with Gasteiger partial charge in [-0.1, -0.05) is 26.2 Å². The lowest BCUT2D eigenvalue weighted by molar-refractivity contribution is 0.0832. The van der Waals surface area contributed by atoms with Gasteiger partial charge in [-0.15, -0.1) is 0 Å². The van der Waals surface area contributed by atoms with Crippen LogP contribution in [0.25, 0.3) is 0 Å². The SMILES string of the molecule is CCCn1ccnc1C(=O)C1(N)CCCCC1. The molecule has 0 unspecified atom stereocenters. The molecule has 0 atom stereocenters. The number of carbonyl (C=O) groups excluding carboxylic acids is 1. The molecule has 94 valence electrons. The Bertz CT molecular complexity index is 391. The Morgan fingerprint density at radius 2 is 2.18 bits per heavy atom. The molecule has 0 radical (unpaired) electrons. The van der Waals surface area contributed by atoms with E-state index in [4.69, 9.17) is 5.73 Å². The minimum Gasteiger partial charge on any atom is -0.328 e. The van der Waals surface area contributed by atoms with Crippen LogP contribution in [0, 0.1) is 0 Å². The Kier molecular flexibility index (Phi) is 3.62. The van der Waals surface area contributed by atoms with E-state index in [-0.39, 0.29) is 5.78 Å². The van der Waals surface area contributed by atoms with E-state index in [1.54, 1.807) is 6.20 Å². The lowest BCUT2D eigenvalue weighted by Gasteiger charge is -2.31. The maximum atomic E-state index is 12.5. The minimum absolute atomic E-state index is 0.0238. The smallest absolute Gasteiger partial charge is 0.217 e. The highest BCUT2D eigenvalue weighted by Gasteiger charge is 2.37. The zero-order valence-electron chi connectivity index (χ0n) is 10.5. The highest BCUT2D eigenvalue weighted by Crippen LogP contribution is 2.28. The highest BCUT2D eigenvalue weighted by atomic mass is 16.1. The lowest BCUT2D eigenvalue weighted by atomic mass is 9.79. The van der Waals surface area contributed by atoms with Crippen molar-refractivity contribution in [2.24, 2.45) is 5.73 Å². The summed E-state index contributed by atoms with van der Waals surface area (Å²) >= 11 is 0. The Balaban J connectivity index is 2.20. The maximum absolute atomic E-state index is 12.5. The van der Waals surface area contributed by atoms with Gasteiger partial charge < -0.3 is 10.3 Å². The number of rotatable bonds is 4. The summed E-state index contributed by atoms with van der Waals surface area (Å²) in [6.07, 6.45) is 9.44. The first kappa shape index (κ1) is 12.3. The van der Waals surface area contributed by atoms with E-state index in [2.05, 4.69) is 11.9 Å². The molecular weight excluding hydrogens is 214 g/mol. The van der Waals surface area contributed by atoms with Gasteiger partial charge in [0.05, 0.1) is 5.54 Å². The van der Waals surface area contributed by atoms with Crippen LogP contribution < -0.4 is 5.73 Å². The summed E-state index contributed by atoms with van der Waals surface area (Å²) in [7, 11) is 0. The number of aryl methyl sites for hydroxylation is 1. The molecule has 1 aliphatic carbocycles. The maximum Gasteiger partial charge on any atom is 0.217 e. The van der Waals surface area contributed by atoms with Crippen LogP contribution in [0.15, 0.2) is 12.4 Å². The minimum atomic E-state index is -0.672. The van der Waals surface area contributed by atoms with Gasteiger partial charge >= 0.3 is 0 Å². The van der Waals surface area contributed by atoms with Crippen LogP contribution in [0.4, 0.5) is 0 Å². The van der Waals surface area contributed by atoms with Gasteiger partial charge in [0.15, 0.2) is 5.82 Å². The second kappa shape index (κ2) is 5.00. The van der Waals surface area contributed by atoms with Gasteiger partial charge in [-0.05, 0) is 19.3 Å². The van der Waals surface area contributed by atoms with E-state index >= 15 is 0 Å². The second-order valence-electron chi connectivity index (χ2n) is 4.99. The normalized spacial score (nSPS) is 19.2. The molecule has 0 amide bonds. The van der Waals surface area contributed by atoms with Crippen LogP contribution in [0.1, 0.15) is 56.1 Å². The van der Waals surface area contributed by atoms with Crippen LogP contribution in [0.3, 0.4) is 0 Å². The van der Waals surface area contributed by atoms with Crippen molar-refractivity contribution in [1.82, 2.24) is 9.55 Å². The summed E-state index contributed by atoms with van der Waals surface area (Å²) in [4.78, 5) is 16.7. The molecule has 0 spiro atoms. The summed E-state index contributed by atoms with van der Waals surface area (Å²) in [6.45, 7) is 2.92. The van der Waals surface area contributed by atoms with Gasteiger partial charge in [0.1, 0.15) is 0 Å². The Morgan fingerprint density at radius 1 is 1.47 bits per heavy atom. The fraction of sp³-hybridized carbons (Fsp3) is 0.692. The molecule has 0 saturated heterocycles. The molecule has 1 heterocycles. The number of hydrogen-bond acceptors (Lipinski definition) is 3. The molecule has 1 aliphatic rings. The fourth-order valence-electron chi connectivity index (χ4n) is 2.57. The number of Topliss-reactive ketones (excluding diaryl/α,β-unsaturated/α-hetero) is 1. The van der Waals surface area contributed by atoms with Gasteiger partial charge in [-0.3, -0.25) is 4.79 Å². The Labute approximate surface area is 102 Å². The summed E-state index contributed by atoms with van der Waals surface area (Å²) in [5, 5.41) is 0. The van der Waals surface area contributed by atoms with Crippen molar-refractivity contribution >= 4 is 5.78 Å². The van der Waals surface area contributed by atoms with Crippen LogP contribution in [0.2, 0.25) is 0 Å². The molecule has 2 rings (SSSR count). The van der Waals surface area contributed by atoms with Crippen LogP contribution in [-0.4, -0.2) is 20.9 Å². The molecular formula is C13H21N3O. The predicted octanol–water partition coefficient (Wildman–Crippen LogP) is 2.14. The third-order valence-electron chi connectivity index (χ3n) is 3.58. The fourth-order valence-corrected chi connectivity index (χ4v) is 2.57. The van der Waals surface area contributed by atoms with Crippen molar-refractivity contribution in [2.75, 3.05) is 0 Å². The van der Waals surface area contributed by atoms with Gasteiger partial charge in [-0.25, -0.2) is 4.98 Å². The number of aromatic nitrogens is 2. The first-order chi connectivity index (χ1) is 8.17. The van der Waals surface area contributed by atoms with Crippen molar-refractivity contribution in [3.63, 3.8) is 0 Å². The first-order valence-electron chi connectivity index (χ1n) is 6.52. The summed E-state index contributed by atoms with van der Waals surface area (Å²) in [5.41, 5.74) is 5.58. The molecule has 4 heteroatoms. The lowest BCUT2D eigenvalue weighted by Crippen LogP contribution is -2.50. The molecule has 0 aromatic carbocycles. The van der Waals surface area contributed by atoms with Crippen molar-refractivity contribution < 1.29 is 4.79 Å². The van der Waals surface area contributed by atoms with Gasteiger partial charge in [0.2, 0.25) is 5.78 Å². The van der Waals surface area contributed by atoms with E-state index < -0.39 is 5.54 Å². The van der Waals surface area contributed by atoms with Gasteiger partial charge in [0, 0.05) is 18.9 Å². The molecule has 1 aromatic rings. The van der Waals surface area contributed by atoms with Gasteiger partial charge in [0.25, 0.3) is 0 Å². The quantitative estimate of drug-likeness (QED) is 0.813. The zero-order chi connectivity index (χ0) is 12.3. The number of nitrogens with zero attached hydrogens (tertiary/aromatic N) is 2. The second-order valence-corrected chi connectivity index (χ2v) is 4.99. The molecule has 1 aromatic heterocycles. The number of nitrogens with two attached hydrogens (primary N) is 1. The molecule has 17 heavy (non-hydrogen) atoms. The molecule has 4 nitrogen and oxygen atoms in total. The third-order valence-corrected chi connectivity index (χ3v) is 3.58. The van der Waals surface area contributed by atoms with Crippen molar-refractivity contribution in [2.45, 2.75) is 57.5 Å². The first-order valence-corrected chi connectivity index (χ1v) is 6.52. The number of carbonyl (C=O) groups is 1. The molecule has 1 fully saturated rings. The summed E-state index contributed by atoms with van der Waals surface area (Å²) < 4.78 is 1.92. The topological polar surface area (TPSA) is 60.9 Å². The van der Waals surface area contributed by atoms with Gasteiger partial charge in [-0.2, -0.15) is 0 Å². The van der Waals surface area contributed by atoms with E-state index in [0.29, 0.717) is 5.82 Å². The van der Waals surface area contributed by atoms with Crippen molar-refractivity contribution in [3.05, 3.63) is 18.2 Å². The Hall–Kier alpha value is -1.16. The van der Waals surface area contributed by atoms with E-state index in [9.17, 15) is 4.79 Å². The number of ketones is 1. The Morgan fingerprint density at radius 3 is 2.82 bits per heavy atom. The summed E-state index contributed by atoms with van der Waals surface area (Å²) in [5.74, 6) is 0.562. The summed E-state index contributed by atoms with van der Waals surface area (Å²) in [6, 6.07) is 0. The number of hydrogen-bond donors (Lipinski definition) is 1. The monoisotopic (exact) mass is 235 g/mol. The van der Waals surface area contributed by atoms with Crippen LogP contribution in [0.5, 0.6) is 0 Å². The van der Waals surface area contributed by atoms with Crippen LogP contribution in [-0.2, 0) is 6.54 Å². The van der Waals surface area contributed by atoms with E-state index in [1.165, 1.54) is 6.42 Å². The largest absolute Gasteiger partial charge is 0.328 e. The molecule has 0 bridgehead atoms. The van der Waals surface area contributed by atoms with Crippen LogP contribution >= 0.6 is 0 Å². The predicted molar refractivity (Wildman–Crippen MR) is 66.9 cm³/mol. The molecule has 1 saturated carbocycles. The third kappa shape index (κ3) is 2.41.